The van der Waals surface area contributed by atoms with Crippen LogP contribution in [0.3, 0.4) is 0 Å². The number of rotatable bonds is 6. The van der Waals surface area contributed by atoms with Gasteiger partial charge in [0.15, 0.2) is 0 Å². The van der Waals surface area contributed by atoms with Crippen LogP contribution in [0.15, 0.2) is 24.3 Å². The van der Waals surface area contributed by atoms with Gasteiger partial charge in [-0.2, -0.15) is 11.8 Å². The lowest BCUT2D eigenvalue weighted by atomic mass is 10.2. The Kier molecular flexibility index (Phi) is 5.65. The molecule has 1 aromatic rings. The van der Waals surface area contributed by atoms with E-state index in [-0.39, 0.29) is 18.5 Å². The Labute approximate surface area is 139 Å². The zero-order chi connectivity index (χ0) is 17.0. The van der Waals surface area contributed by atoms with E-state index >= 15 is 0 Å². The number of carbonyl (C=O) groups excluding carboxylic acids is 3. The van der Waals surface area contributed by atoms with E-state index in [1.165, 1.54) is 16.9 Å². The van der Waals surface area contributed by atoms with Gasteiger partial charge in [-0.05, 0) is 23.4 Å². The van der Waals surface area contributed by atoms with Gasteiger partial charge >= 0.3 is 12.0 Å². The summed E-state index contributed by atoms with van der Waals surface area (Å²) >= 11 is 1.70. The van der Waals surface area contributed by atoms with Gasteiger partial charge in [0.1, 0.15) is 6.54 Å². The van der Waals surface area contributed by atoms with Crippen molar-refractivity contribution >= 4 is 35.4 Å². The van der Waals surface area contributed by atoms with E-state index in [0.717, 1.165) is 0 Å². The Balaban J connectivity index is 2.11. The summed E-state index contributed by atoms with van der Waals surface area (Å²) in [5.74, 6) is 0.0170. The molecule has 1 aliphatic rings. The Morgan fingerprint density at radius 1 is 1.35 bits per heavy atom. The van der Waals surface area contributed by atoms with Gasteiger partial charge in [0.2, 0.25) is 0 Å². The smallest absolute Gasteiger partial charge is 0.337 e. The van der Waals surface area contributed by atoms with Crippen LogP contribution in [0.5, 0.6) is 0 Å². The molecule has 0 aliphatic carbocycles. The van der Waals surface area contributed by atoms with Crippen LogP contribution in [-0.2, 0) is 9.53 Å². The molecular weight excluding hydrogens is 316 g/mol. The van der Waals surface area contributed by atoms with Gasteiger partial charge < -0.3 is 4.74 Å². The first-order valence-electron chi connectivity index (χ1n) is 7.36. The van der Waals surface area contributed by atoms with Crippen LogP contribution < -0.4 is 4.90 Å². The highest BCUT2D eigenvalue weighted by atomic mass is 32.2. The van der Waals surface area contributed by atoms with Crippen molar-refractivity contribution in [1.29, 1.82) is 0 Å². The Morgan fingerprint density at radius 3 is 2.74 bits per heavy atom. The summed E-state index contributed by atoms with van der Waals surface area (Å²) in [7, 11) is 1.30. The molecule has 0 N–H and O–H groups in total. The van der Waals surface area contributed by atoms with Gasteiger partial charge in [-0.15, -0.1) is 0 Å². The molecule has 124 valence electrons. The number of hydrogen-bond acceptors (Lipinski definition) is 5. The van der Waals surface area contributed by atoms with Gasteiger partial charge in [-0.1, -0.05) is 19.9 Å². The number of anilines is 1. The van der Waals surface area contributed by atoms with Crippen molar-refractivity contribution in [3.05, 3.63) is 29.8 Å². The number of amides is 3. The van der Waals surface area contributed by atoms with Crippen molar-refractivity contribution in [3.8, 4) is 0 Å². The summed E-state index contributed by atoms with van der Waals surface area (Å²) in [6, 6.07) is 6.18. The third kappa shape index (κ3) is 4.04. The van der Waals surface area contributed by atoms with Crippen molar-refractivity contribution in [2.45, 2.75) is 19.1 Å². The average molecular weight is 336 g/mol. The van der Waals surface area contributed by atoms with Gasteiger partial charge in [-0.25, -0.2) is 9.59 Å². The first-order chi connectivity index (χ1) is 10.9. The third-order valence-corrected chi connectivity index (χ3v) is 4.49. The van der Waals surface area contributed by atoms with Crippen LogP contribution in [0.4, 0.5) is 10.5 Å². The number of esters is 1. The molecule has 1 fully saturated rings. The van der Waals surface area contributed by atoms with Crippen molar-refractivity contribution in [2.75, 3.05) is 30.9 Å². The molecule has 1 aromatic carbocycles. The maximum absolute atomic E-state index is 12.4. The molecule has 3 amide bonds. The fourth-order valence-electron chi connectivity index (χ4n) is 2.26. The molecule has 23 heavy (non-hydrogen) atoms. The minimum atomic E-state index is -0.477. The Morgan fingerprint density at radius 2 is 2.09 bits per heavy atom. The molecule has 1 saturated heterocycles. The number of carbonyl (C=O) groups is 3. The zero-order valence-corrected chi connectivity index (χ0v) is 14.3. The maximum Gasteiger partial charge on any atom is 0.337 e. The van der Waals surface area contributed by atoms with Crippen LogP contribution in [0, 0.1) is 0 Å². The highest BCUT2D eigenvalue weighted by molar-refractivity contribution is 7.99. The fraction of sp³-hybridized carbons (Fsp3) is 0.438. The second-order valence-electron chi connectivity index (χ2n) is 5.38. The van der Waals surface area contributed by atoms with E-state index in [1.807, 2.05) is 0 Å². The molecule has 0 bridgehead atoms. The lowest BCUT2D eigenvalue weighted by Gasteiger charge is -2.17. The topological polar surface area (TPSA) is 66.9 Å². The van der Waals surface area contributed by atoms with Crippen molar-refractivity contribution < 1.29 is 19.1 Å². The van der Waals surface area contributed by atoms with Crippen molar-refractivity contribution in [2.24, 2.45) is 0 Å². The van der Waals surface area contributed by atoms with E-state index in [0.29, 0.717) is 28.8 Å². The van der Waals surface area contributed by atoms with Crippen LogP contribution in [0.2, 0.25) is 0 Å². The number of nitrogens with zero attached hydrogens (tertiary/aromatic N) is 2. The summed E-state index contributed by atoms with van der Waals surface area (Å²) in [5.41, 5.74) is 0.865. The predicted molar refractivity (Wildman–Crippen MR) is 89.8 cm³/mol. The summed E-state index contributed by atoms with van der Waals surface area (Å²) < 4.78 is 4.68. The normalized spacial score (nSPS) is 14.8. The largest absolute Gasteiger partial charge is 0.465 e. The number of imide groups is 1. The van der Waals surface area contributed by atoms with Gasteiger partial charge in [0, 0.05) is 18.0 Å². The second-order valence-corrected chi connectivity index (χ2v) is 7.06. The van der Waals surface area contributed by atoms with Crippen LogP contribution >= 0.6 is 11.8 Å². The van der Waals surface area contributed by atoms with E-state index in [2.05, 4.69) is 18.6 Å². The van der Waals surface area contributed by atoms with Gasteiger partial charge in [0.25, 0.3) is 5.91 Å². The SMILES string of the molecule is COC(=O)c1cccc(N2CC(=O)N(CCSC(C)C)C2=O)c1. The number of ether oxygens (including phenoxy) is 1. The first kappa shape index (κ1) is 17.3. The summed E-state index contributed by atoms with van der Waals surface area (Å²) in [5, 5.41) is 0.454. The number of urea groups is 1. The highest BCUT2D eigenvalue weighted by Gasteiger charge is 2.36. The van der Waals surface area contributed by atoms with Crippen LogP contribution in [0.1, 0.15) is 24.2 Å². The van der Waals surface area contributed by atoms with Gasteiger partial charge in [-0.3, -0.25) is 14.6 Å². The minimum absolute atomic E-state index is 0.00416. The molecule has 6 nitrogen and oxygen atoms in total. The Bertz CT molecular complexity index is 618. The summed E-state index contributed by atoms with van der Waals surface area (Å²) in [4.78, 5) is 38.8. The molecular formula is C16H20N2O4S. The average Bonchev–Trinajstić information content (AvgIpc) is 2.82. The van der Waals surface area contributed by atoms with E-state index < -0.39 is 5.97 Å². The maximum atomic E-state index is 12.4. The zero-order valence-electron chi connectivity index (χ0n) is 13.4. The summed E-state index contributed by atoms with van der Waals surface area (Å²) in [6.45, 7) is 4.54. The highest BCUT2D eigenvalue weighted by Crippen LogP contribution is 2.23. The second kappa shape index (κ2) is 7.50. The predicted octanol–water partition coefficient (Wildman–Crippen LogP) is 2.38. The number of benzene rings is 1. The lowest BCUT2D eigenvalue weighted by molar-refractivity contribution is -0.124. The molecule has 0 aromatic heterocycles. The molecule has 0 saturated carbocycles. The lowest BCUT2D eigenvalue weighted by Crippen LogP contribution is -2.34. The molecule has 2 rings (SSSR count). The van der Waals surface area contributed by atoms with Gasteiger partial charge in [0.05, 0.1) is 12.7 Å². The molecule has 0 radical (unpaired) electrons. The Hall–Kier alpha value is -2.02. The van der Waals surface area contributed by atoms with Crippen LogP contribution in [0.25, 0.3) is 0 Å². The first-order valence-corrected chi connectivity index (χ1v) is 8.40. The standard InChI is InChI=1S/C16H20N2O4S/c1-11(2)23-8-7-17-14(19)10-18(16(17)21)13-6-4-5-12(9-13)15(20)22-3/h4-6,9,11H,7-8,10H2,1-3H3. The monoisotopic (exact) mass is 336 g/mol. The fourth-order valence-corrected chi connectivity index (χ4v) is 3.02. The molecule has 0 unspecified atom stereocenters. The minimum Gasteiger partial charge on any atom is -0.465 e. The molecule has 1 heterocycles. The van der Waals surface area contributed by atoms with Crippen LogP contribution in [-0.4, -0.2) is 54.0 Å². The molecule has 0 atom stereocenters. The van der Waals surface area contributed by atoms with E-state index in [9.17, 15) is 14.4 Å². The number of methoxy groups -OCH3 is 1. The molecule has 7 heteroatoms. The molecule has 0 spiro atoms. The van der Waals surface area contributed by atoms with Crippen molar-refractivity contribution in [1.82, 2.24) is 4.90 Å². The number of thioether (sulfide) groups is 1. The molecule has 1 aliphatic heterocycles. The third-order valence-electron chi connectivity index (χ3n) is 3.40. The van der Waals surface area contributed by atoms with E-state index in [1.54, 1.807) is 36.0 Å². The van der Waals surface area contributed by atoms with Crippen molar-refractivity contribution in [3.63, 3.8) is 0 Å². The summed E-state index contributed by atoms with van der Waals surface area (Å²) in [6.07, 6.45) is 0. The number of hydrogen-bond donors (Lipinski definition) is 0. The quantitative estimate of drug-likeness (QED) is 0.589. The van der Waals surface area contributed by atoms with E-state index in [4.69, 9.17) is 0 Å².